The molecule has 1 saturated carbocycles. The summed E-state index contributed by atoms with van der Waals surface area (Å²) in [5.41, 5.74) is 1.06. The number of nitrogens with one attached hydrogen (secondary N) is 1. The molecule has 0 saturated heterocycles. The highest BCUT2D eigenvalue weighted by Gasteiger charge is 2.36. The van der Waals surface area contributed by atoms with E-state index in [1.807, 2.05) is 12.1 Å². The van der Waals surface area contributed by atoms with E-state index >= 15 is 0 Å². The number of pyridine rings is 1. The van der Waals surface area contributed by atoms with Gasteiger partial charge in [-0.15, -0.1) is 0 Å². The average Bonchev–Trinajstić information content (AvgIpc) is 2.58. The van der Waals surface area contributed by atoms with Crippen molar-refractivity contribution < 1.29 is 23.4 Å². The summed E-state index contributed by atoms with van der Waals surface area (Å²) in [5, 5.41) is 12.5. The Kier molecular flexibility index (Phi) is 5.23. The van der Waals surface area contributed by atoms with Crippen LogP contribution >= 0.6 is 0 Å². The minimum absolute atomic E-state index is 0.00468. The van der Waals surface area contributed by atoms with Gasteiger partial charge < -0.3 is 15.2 Å². The van der Waals surface area contributed by atoms with Gasteiger partial charge in [-0.05, 0) is 55.2 Å². The molecule has 3 rings (SSSR count). The fourth-order valence-electron chi connectivity index (χ4n) is 2.91. The first kappa shape index (κ1) is 17.3. The molecule has 1 fully saturated rings. The topological polar surface area (TPSA) is 71.5 Å². The van der Waals surface area contributed by atoms with E-state index in [2.05, 4.69) is 15.0 Å². The van der Waals surface area contributed by atoms with E-state index in [4.69, 9.17) is 0 Å². The summed E-state index contributed by atoms with van der Waals surface area (Å²) in [7, 11) is 0. The molecule has 0 radical (unpaired) electrons. The minimum Gasteiger partial charge on any atom is -0.435 e. The number of amides is 1. The number of rotatable bonds is 6. The van der Waals surface area contributed by atoms with Gasteiger partial charge in [-0.3, -0.25) is 9.78 Å². The second-order valence-electron chi connectivity index (χ2n) is 5.99. The molecule has 0 aliphatic heterocycles. The van der Waals surface area contributed by atoms with E-state index in [1.54, 1.807) is 12.3 Å². The van der Waals surface area contributed by atoms with Crippen molar-refractivity contribution in [2.45, 2.75) is 31.6 Å². The molecule has 1 atom stereocenters. The van der Waals surface area contributed by atoms with E-state index in [0.717, 1.165) is 5.69 Å². The van der Waals surface area contributed by atoms with Crippen LogP contribution in [0, 0.1) is 5.92 Å². The van der Waals surface area contributed by atoms with Crippen molar-refractivity contribution in [3.63, 3.8) is 0 Å². The summed E-state index contributed by atoms with van der Waals surface area (Å²) in [6.07, 6.45) is 2.50. The summed E-state index contributed by atoms with van der Waals surface area (Å²) in [4.78, 5) is 16.8. The van der Waals surface area contributed by atoms with E-state index in [0.29, 0.717) is 18.4 Å². The van der Waals surface area contributed by atoms with Gasteiger partial charge in [0.15, 0.2) is 0 Å². The van der Waals surface area contributed by atoms with Crippen molar-refractivity contribution in [2.75, 3.05) is 0 Å². The fraction of sp³-hybridized carbons (Fsp3) is 0.333. The summed E-state index contributed by atoms with van der Waals surface area (Å²) in [6, 6.07) is 10.7. The monoisotopic (exact) mass is 348 g/mol. The summed E-state index contributed by atoms with van der Waals surface area (Å²) in [5.74, 6) is -0.231. The lowest BCUT2D eigenvalue weighted by atomic mass is 9.76. The number of aliphatic hydroxyl groups is 1. The Balaban J connectivity index is 1.72. The molecule has 132 valence electrons. The maximum atomic E-state index is 12.5. The van der Waals surface area contributed by atoms with E-state index in [1.165, 1.54) is 24.3 Å². The Hall–Kier alpha value is -2.54. The van der Waals surface area contributed by atoms with Crippen molar-refractivity contribution in [1.29, 1.82) is 0 Å². The predicted molar refractivity (Wildman–Crippen MR) is 86.2 cm³/mol. The number of ether oxygens (including phenoxy) is 1. The predicted octanol–water partition coefficient (Wildman–Crippen LogP) is 2.93. The van der Waals surface area contributed by atoms with Crippen molar-refractivity contribution >= 4 is 5.91 Å². The standard InChI is InChI=1S/C18H18F2N2O3/c19-18(20)25-14-6-4-11(5-7-14)17(24)22-16(12-9-13(23)10-12)15-3-1-2-8-21-15/h1-8,12-13,16,18,23H,9-10H2,(H,22,24). The first-order valence-electron chi connectivity index (χ1n) is 7.97. The van der Waals surface area contributed by atoms with Gasteiger partial charge in [-0.1, -0.05) is 6.07 Å². The van der Waals surface area contributed by atoms with Crippen LogP contribution in [0.3, 0.4) is 0 Å². The average molecular weight is 348 g/mol. The highest BCUT2D eigenvalue weighted by Crippen LogP contribution is 2.37. The zero-order valence-electron chi connectivity index (χ0n) is 13.3. The van der Waals surface area contributed by atoms with Crippen LogP contribution in [0.4, 0.5) is 8.78 Å². The number of carbonyl (C=O) groups is 1. The lowest BCUT2D eigenvalue weighted by molar-refractivity contribution is -0.0498. The minimum atomic E-state index is -2.90. The molecule has 1 aromatic heterocycles. The Bertz CT molecular complexity index is 704. The molecule has 5 nitrogen and oxygen atoms in total. The number of aliphatic hydroxyl groups excluding tert-OH is 1. The SMILES string of the molecule is O=C(NC(c1ccccn1)C1CC(O)C1)c1ccc(OC(F)F)cc1. The van der Waals surface area contributed by atoms with Crippen LogP contribution < -0.4 is 10.1 Å². The molecule has 25 heavy (non-hydrogen) atoms. The molecule has 1 heterocycles. The number of aromatic nitrogens is 1. The molecule has 1 unspecified atom stereocenters. The molecular formula is C18H18F2N2O3. The van der Waals surface area contributed by atoms with Gasteiger partial charge >= 0.3 is 6.61 Å². The lowest BCUT2D eigenvalue weighted by Gasteiger charge is -2.37. The van der Waals surface area contributed by atoms with Gasteiger partial charge in [0, 0.05) is 11.8 Å². The molecule has 1 amide bonds. The molecule has 2 N–H and O–H groups in total. The van der Waals surface area contributed by atoms with Crippen LogP contribution in [-0.2, 0) is 0 Å². The van der Waals surface area contributed by atoms with Crippen LogP contribution in [0.1, 0.15) is 34.9 Å². The summed E-state index contributed by atoms with van der Waals surface area (Å²) < 4.78 is 28.6. The largest absolute Gasteiger partial charge is 0.435 e. The van der Waals surface area contributed by atoms with Crippen LogP contribution in [-0.4, -0.2) is 28.7 Å². The zero-order valence-corrected chi connectivity index (χ0v) is 13.3. The molecule has 1 aliphatic carbocycles. The number of nitrogens with zero attached hydrogens (tertiary/aromatic N) is 1. The molecule has 7 heteroatoms. The number of halogens is 2. The zero-order chi connectivity index (χ0) is 17.8. The maximum absolute atomic E-state index is 12.5. The van der Waals surface area contributed by atoms with Crippen LogP contribution in [0.2, 0.25) is 0 Å². The molecule has 2 aromatic rings. The van der Waals surface area contributed by atoms with Gasteiger partial charge in [0.1, 0.15) is 5.75 Å². The number of alkyl halides is 2. The smallest absolute Gasteiger partial charge is 0.387 e. The van der Waals surface area contributed by atoms with Crippen molar-refractivity contribution in [2.24, 2.45) is 5.92 Å². The van der Waals surface area contributed by atoms with Gasteiger partial charge in [0.2, 0.25) is 0 Å². The molecule has 0 bridgehead atoms. The normalized spacial score (nSPS) is 20.6. The van der Waals surface area contributed by atoms with Gasteiger partial charge in [0.05, 0.1) is 17.8 Å². The third-order valence-electron chi connectivity index (χ3n) is 4.26. The number of benzene rings is 1. The highest BCUT2D eigenvalue weighted by molar-refractivity contribution is 5.94. The number of hydrogen-bond acceptors (Lipinski definition) is 4. The molecule has 1 aliphatic rings. The fourth-order valence-corrected chi connectivity index (χ4v) is 2.91. The third-order valence-corrected chi connectivity index (χ3v) is 4.26. The van der Waals surface area contributed by atoms with Crippen LogP contribution in [0.15, 0.2) is 48.7 Å². The quantitative estimate of drug-likeness (QED) is 0.842. The number of hydrogen-bond donors (Lipinski definition) is 2. The Morgan fingerprint density at radius 1 is 1.20 bits per heavy atom. The Morgan fingerprint density at radius 2 is 1.92 bits per heavy atom. The first-order chi connectivity index (χ1) is 12.0. The van der Waals surface area contributed by atoms with E-state index < -0.39 is 6.61 Å². The highest BCUT2D eigenvalue weighted by atomic mass is 19.3. The number of carbonyl (C=O) groups excluding carboxylic acids is 1. The van der Waals surface area contributed by atoms with Crippen LogP contribution in [0.25, 0.3) is 0 Å². The van der Waals surface area contributed by atoms with E-state index in [9.17, 15) is 18.7 Å². The molecular weight excluding hydrogens is 330 g/mol. The van der Waals surface area contributed by atoms with Crippen molar-refractivity contribution in [3.05, 3.63) is 59.9 Å². The van der Waals surface area contributed by atoms with Gasteiger partial charge in [0.25, 0.3) is 5.91 Å². The Morgan fingerprint density at radius 3 is 2.48 bits per heavy atom. The summed E-state index contributed by atoms with van der Waals surface area (Å²) in [6.45, 7) is -2.90. The second-order valence-corrected chi connectivity index (χ2v) is 5.99. The second kappa shape index (κ2) is 7.57. The maximum Gasteiger partial charge on any atom is 0.387 e. The van der Waals surface area contributed by atoms with Crippen molar-refractivity contribution in [1.82, 2.24) is 10.3 Å². The molecule has 1 aromatic carbocycles. The van der Waals surface area contributed by atoms with Gasteiger partial charge in [-0.2, -0.15) is 8.78 Å². The molecule has 0 spiro atoms. The van der Waals surface area contributed by atoms with Crippen LogP contribution in [0.5, 0.6) is 5.75 Å². The first-order valence-corrected chi connectivity index (χ1v) is 7.97. The van der Waals surface area contributed by atoms with Gasteiger partial charge in [-0.25, -0.2) is 0 Å². The summed E-state index contributed by atoms with van der Waals surface area (Å²) >= 11 is 0. The lowest BCUT2D eigenvalue weighted by Crippen LogP contribution is -2.41. The van der Waals surface area contributed by atoms with Crippen molar-refractivity contribution in [3.8, 4) is 5.75 Å². The third kappa shape index (κ3) is 4.30. The Labute approximate surface area is 143 Å². The van der Waals surface area contributed by atoms with E-state index in [-0.39, 0.29) is 29.7 Å².